The maximum absolute atomic E-state index is 12.4. The van der Waals surface area contributed by atoms with E-state index >= 15 is 0 Å². The van der Waals surface area contributed by atoms with Crippen LogP contribution < -0.4 is 15.4 Å². The number of hydrogen-bond donors (Lipinski definition) is 2. The molecule has 2 amide bonds. The number of halogens is 1. The lowest BCUT2D eigenvalue weighted by atomic mass is 10.2. The van der Waals surface area contributed by atoms with Gasteiger partial charge in [-0.2, -0.15) is 0 Å². The Bertz CT molecular complexity index is 1290. The van der Waals surface area contributed by atoms with Gasteiger partial charge in [-0.25, -0.2) is 4.98 Å². The third kappa shape index (κ3) is 5.59. The molecule has 0 saturated carbocycles. The molecule has 2 N–H and O–H groups in total. The van der Waals surface area contributed by atoms with Gasteiger partial charge in [0.1, 0.15) is 5.75 Å². The molecule has 0 fully saturated rings. The number of anilines is 2. The summed E-state index contributed by atoms with van der Waals surface area (Å²) in [6.07, 6.45) is 0. The molecule has 0 saturated heterocycles. The summed E-state index contributed by atoms with van der Waals surface area (Å²) in [4.78, 5) is 29.3. The predicted molar refractivity (Wildman–Crippen MR) is 131 cm³/mol. The van der Waals surface area contributed by atoms with Crippen molar-refractivity contribution in [2.75, 3.05) is 23.5 Å². The number of carbonyl (C=O) groups excluding carboxylic acids is 2. The minimum atomic E-state index is -0.236. The average Bonchev–Trinajstić information content (AvgIpc) is 3.20. The molecule has 32 heavy (non-hydrogen) atoms. The van der Waals surface area contributed by atoms with Gasteiger partial charge in [0.05, 0.1) is 23.1 Å². The zero-order chi connectivity index (χ0) is 22.5. The second-order valence-electron chi connectivity index (χ2n) is 6.70. The Balaban J connectivity index is 1.38. The fraction of sp³-hybridized carbons (Fsp3) is 0.0870. The first-order chi connectivity index (χ1) is 15.5. The highest BCUT2D eigenvalue weighted by Gasteiger charge is 2.11. The Labute approximate surface area is 198 Å². The van der Waals surface area contributed by atoms with E-state index in [4.69, 9.17) is 16.3 Å². The first kappa shape index (κ1) is 22.1. The van der Waals surface area contributed by atoms with E-state index in [0.29, 0.717) is 27.7 Å². The van der Waals surface area contributed by atoms with Crippen LogP contribution in [0, 0.1) is 0 Å². The number of fused-ring (bicyclic) bond motifs is 1. The third-order valence-electron chi connectivity index (χ3n) is 4.39. The number of thiazole rings is 1. The summed E-state index contributed by atoms with van der Waals surface area (Å²) in [5.74, 6) is 0.548. The lowest BCUT2D eigenvalue weighted by molar-refractivity contribution is -0.113. The molecular formula is C23H18ClN3O3S2. The van der Waals surface area contributed by atoms with E-state index in [9.17, 15) is 9.59 Å². The van der Waals surface area contributed by atoms with Crippen molar-refractivity contribution < 1.29 is 14.3 Å². The van der Waals surface area contributed by atoms with E-state index in [-0.39, 0.29) is 17.6 Å². The van der Waals surface area contributed by atoms with Crippen LogP contribution in [0.5, 0.6) is 5.75 Å². The van der Waals surface area contributed by atoms with Crippen molar-refractivity contribution in [2.45, 2.75) is 4.34 Å². The van der Waals surface area contributed by atoms with Gasteiger partial charge in [-0.1, -0.05) is 35.5 Å². The Morgan fingerprint density at radius 3 is 2.66 bits per heavy atom. The van der Waals surface area contributed by atoms with Crippen molar-refractivity contribution in [3.8, 4) is 5.75 Å². The molecular weight excluding hydrogens is 466 g/mol. The first-order valence-corrected chi connectivity index (χ1v) is 11.7. The van der Waals surface area contributed by atoms with Crippen LogP contribution in [0.3, 0.4) is 0 Å². The number of methoxy groups -OCH3 is 1. The van der Waals surface area contributed by atoms with Crippen LogP contribution in [0.25, 0.3) is 10.2 Å². The second-order valence-corrected chi connectivity index (χ2v) is 9.39. The molecule has 0 spiro atoms. The summed E-state index contributed by atoms with van der Waals surface area (Å²) in [6.45, 7) is 0. The maximum Gasteiger partial charge on any atom is 0.255 e. The summed E-state index contributed by atoms with van der Waals surface area (Å²) < 4.78 is 6.86. The van der Waals surface area contributed by atoms with Crippen LogP contribution in [-0.2, 0) is 4.79 Å². The van der Waals surface area contributed by atoms with E-state index in [1.165, 1.54) is 23.1 Å². The van der Waals surface area contributed by atoms with Gasteiger partial charge in [0.2, 0.25) is 5.91 Å². The zero-order valence-corrected chi connectivity index (χ0v) is 19.3. The number of nitrogens with one attached hydrogen (secondary N) is 2. The van der Waals surface area contributed by atoms with Crippen molar-refractivity contribution in [1.82, 2.24) is 4.98 Å². The molecule has 0 aliphatic rings. The third-order valence-corrected chi connectivity index (χ3v) is 6.79. The monoisotopic (exact) mass is 483 g/mol. The summed E-state index contributed by atoms with van der Waals surface area (Å²) in [7, 11) is 1.58. The van der Waals surface area contributed by atoms with Gasteiger partial charge in [0, 0.05) is 28.0 Å². The van der Waals surface area contributed by atoms with Crippen LogP contribution in [-0.4, -0.2) is 29.7 Å². The normalized spacial score (nSPS) is 10.7. The smallest absolute Gasteiger partial charge is 0.255 e. The molecule has 0 unspecified atom stereocenters. The van der Waals surface area contributed by atoms with Gasteiger partial charge in [-0.3, -0.25) is 9.59 Å². The summed E-state index contributed by atoms with van der Waals surface area (Å²) in [5, 5.41) is 6.23. The number of aromatic nitrogens is 1. The fourth-order valence-electron chi connectivity index (χ4n) is 2.90. The molecule has 6 nitrogen and oxygen atoms in total. The summed E-state index contributed by atoms with van der Waals surface area (Å²) in [6, 6.07) is 19.5. The Hall–Kier alpha value is -3.07. The first-order valence-electron chi connectivity index (χ1n) is 9.54. The van der Waals surface area contributed by atoms with Crippen LogP contribution in [0.2, 0.25) is 5.02 Å². The topological polar surface area (TPSA) is 80.3 Å². The van der Waals surface area contributed by atoms with Crippen molar-refractivity contribution in [3.63, 3.8) is 0 Å². The van der Waals surface area contributed by atoms with Gasteiger partial charge < -0.3 is 15.4 Å². The molecule has 4 rings (SSSR count). The molecule has 162 valence electrons. The van der Waals surface area contributed by atoms with Gasteiger partial charge in [0.15, 0.2) is 4.34 Å². The number of thioether (sulfide) groups is 1. The molecule has 1 aromatic heterocycles. The molecule has 0 radical (unpaired) electrons. The van der Waals surface area contributed by atoms with Crippen LogP contribution >= 0.6 is 34.7 Å². The highest BCUT2D eigenvalue weighted by Crippen LogP contribution is 2.31. The van der Waals surface area contributed by atoms with E-state index in [1.54, 1.807) is 43.5 Å². The number of ether oxygens (including phenoxy) is 1. The summed E-state index contributed by atoms with van der Waals surface area (Å²) >= 11 is 8.80. The standard InChI is InChI=1S/C23H18ClN3O3S2/c1-30-18-7-3-6-16(11-18)25-21(28)13-31-23-27-19-9-8-17(12-20(19)32-23)26-22(29)14-4-2-5-15(24)10-14/h2-12H,13H2,1H3,(H,25,28)(H,26,29). The lowest BCUT2D eigenvalue weighted by Gasteiger charge is -2.06. The van der Waals surface area contributed by atoms with Crippen molar-refractivity contribution in [3.05, 3.63) is 77.3 Å². The van der Waals surface area contributed by atoms with Gasteiger partial charge in [-0.15, -0.1) is 11.3 Å². The number of rotatable bonds is 7. The van der Waals surface area contributed by atoms with Crippen LogP contribution in [0.15, 0.2) is 71.1 Å². The van der Waals surface area contributed by atoms with Gasteiger partial charge in [0.25, 0.3) is 5.91 Å². The minimum absolute atomic E-state index is 0.128. The molecule has 4 aromatic rings. The molecule has 3 aromatic carbocycles. The number of hydrogen-bond acceptors (Lipinski definition) is 6. The van der Waals surface area contributed by atoms with E-state index in [0.717, 1.165) is 14.6 Å². The quantitative estimate of drug-likeness (QED) is 0.318. The van der Waals surface area contributed by atoms with Crippen molar-refractivity contribution in [1.29, 1.82) is 0 Å². The lowest BCUT2D eigenvalue weighted by Crippen LogP contribution is -2.13. The zero-order valence-electron chi connectivity index (χ0n) is 16.9. The van der Waals surface area contributed by atoms with E-state index in [2.05, 4.69) is 15.6 Å². The molecule has 0 aliphatic heterocycles. The number of amides is 2. The largest absolute Gasteiger partial charge is 0.497 e. The minimum Gasteiger partial charge on any atom is -0.497 e. The summed E-state index contributed by atoms with van der Waals surface area (Å²) in [5.41, 5.74) is 2.64. The molecule has 1 heterocycles. The van der Waals surface area contributed by atoms with Crippen molar-refractivity contribution >= 4 is 68.1 Å². The van der Waals surface area contributed by atoms with Crippen LogP contribution in [0.4, 0.5) is 11.4 Å². The average molecular weight is 484 g/mol. The number of benzene rings is 3. The predicted octanol–water partition coefficient (Wildman–Crippen LogP) is 5.94. The number of nitrogens with zero attached hydrogens (tertiary/aromatic N) is 1. The molecule has 0 atom stereocenters. The second kappa shape index (κ2) is 10.0. The maximum atomic E-state index is 12.4. The Kier molecular flexibility index (Phi) is 6.94. The van der Waals surface area contributed by atoms with E-state index < -0.39 is 0 Å². The Morgan fingerprint density at radius 2 is 1.84 bits per heavy atom. The van der Waals surface area contributed by atoms with Gasteiger partial charge >= 0.3 is 0 Å². The highest BCUT2D eigenvalue weighted by molar-refractivity contribution is 8.01. The van der Waals surface area contributed by atoms with Gasteiger partial charge in [-0.05, 0) is 48.5 Å². The van der Waals surface area contributed by atoms with Crippen molar-refractivity contribution in [2.24, 2.45) is 0 Å². The Morgan fingerprint density at radius 1 is 1.03 bits per heavy atom. The molecule has 9 heteroatoms. The fourth-order valence-corrected chi connectivity index (χ4v) is 5.00. The number of carbonyl (C=O) groups is 2. The van der Waals surface area contributed by atoms with Crippen LogP contribution in [0.1, 0.15) is 10.4 Å². The molecule has 0 bridgehead atoms. The highest BCUT2D eigenvalue weighted by atomic mass is 35.5. The molecule has 0 aliphatic carbocycles. The van der Waals surface area contributed by atoms with E-state index in [1.807, 2.05) is 30.3 Å². The SMILES string of the molecule is COc1cccc(NC(=O)CSc2nc3ccc(NC(=O)c4cccc(Cl)c4)cc3s2)c1.